The highest BCUT2D eigenvalue weighted by Crippen LogP contribution is 2.04. The second-order valence-corrected chi connectivity index (χ2v) is 2.86. The second kappa shape index (κ2) is 5.47. The van der Waals surface area contributed by atoms with E-state index in [1.54, 1.807) is 0 Å². The molecule has 11 heavy (non-hydrogen) atoms. The molecule has 0 N–H and O–H groups in total. The Morgan fingerprint density at radius 2 is 2.09 bits per heavy atom. The highest BCUT2D eigenvalue weighted by Gasteiger charge is 2.05. The van der Waals surface area contributed by atoms with Crippen LogP contribution in [0.2, 0.25) is 0 Å². The molecule has 0 aromatic rings. The zero-order chi connectivity index (χ0) is 7.40. The molecule has 1 aliphatic heterocycles. The maximum Gasteiger partial charge on any atom is 0.0890 e. The van der Waals surface area contributed by atoms with Gasteiger partial charge in [-0.1, -0.05) is 13.3 Å². The lowest BCUT2D eigenvalue weighted by atomic mass is 10.3. The minimum Gasteiger partial charge on any atom is -0.362 e. The summed E-state index contributed by atoms with van der Waals surface area (Å²) in [5, 5.41) is 0. The van der Waals surface area contributed by atoms with Gasteiger partial charge in [-0.2, -0.15) is 0 Å². The summed E-state index contributed by atoms with van der Waals surface area (Å²) < 4.78 is 0. The summed E-state index contributed by atoms with van der Waals surface area (Å²) in [6.45, 7) is 4.50. The van der Waals surface area contributed by atoms with Gasteiger partial charge in [-0.3, -0.25) is 0 Å². The van der Waals surface area contributed by atoms with Crippen LogP contribution in [-0.2, 0) is 0 Å². The van der Waals surface area contributed by atoms with E-state index < -0.39 is 0 Å². The Hall–Kier alpha value is -0.180. The van der Waals surface area contributed by atoms with Gasteiger partial charge < -0.3 is 9.80 Å². The van der Waals surface area contributed by atoms with Crippen LogP contribution in [0.15, 0.2) is 12.4 Å². The van der Waals surface area contributed by atoms with Gasteiger partial charge in [0.25, 0.3) is 0 Å². The molecule has 3 heteroatoms. The molecule has 0 bridgehead atoms. The van der Waals surface area contributed by atoms with Gasteiger partial charge >= 0.3 is 0 Å². The number of hydrogen-bond donors (Lipinski definition) is 0. The largest absolute Gasteiger partial charge is 0.362 e. The number of nitrogens with zero attached hydrogens (tertiary/aromatic N) is 2. The fourth-order valence-corrected chi connectivity index (χ4v) is 1.10. The summed E-state index contributed by atoms with van der Waals surface area (Å²) in [6, 6.07) is 0. The molecule has 0 fully saturated rings. The average Bonchev–Trinajstić information content (AvgIpc) is 2.31. The predicted octanol–water partition coefficient (Wildman–Crippen LogP) is 2.04. The van der Waals surface area contributed by atoms with Gasteiger partial charge in [-0.05, 0) is 6.42 Å². The summed E-state index contributed by atoms with van der Waals surface area (Å²) in [5.41, 5.74) is 0. The van der Waals surface area contributed by atoms with Crippen molar-refractivity contribution in [2.45, 2.75) is 19.8 Å². The lowest BCUT2D eigenvalue weighted by Gasteiger charge is -2.17. The van der Waals surface area contributed by atoms with Gasteiger partial charge in [0.1, 0.15) is 0 Å². The van der Waals surface area contributed by atoms with E-state index in [2.05, 4.69) is 36.2 Å². The molecule has 0 aromatic carbocycles. The van der Waals surface area contributed by atoms with Gasteiger partial charge in [0.15, 0.2) is 0 Å². The van der Waals surface area contributed by atoms with Crippen molar-refractivity contribution in [3.05, 3.63) is 12.4 Å². The standard InChI is InChI=1S/C8H16N2.BrH/c1-3-4-5-10-7-6-9(2)8-10;/h6-7H,3-5,8H2,1-2H3;1H. The molecule has 0 saturated carbocycles. The summed E-state index contributed by atoms with van der Waals surface area (Å²) in [5.74, 6) is 0. The molecule has 0 spiro atoms. The lowest BCUT2D eigenvalue weighted by molar-refractivity contribution is 0.293. The topological polar surface area (TPSA) is 6.48 Å². The summed E-state index contributed by atoms with van der Waals surface area (Å²) in [7, 11) is 2.10. The maximum absolute atomic E-state index is 2.34. The molecule has 0 atom stereocenters. The van der Waals surface area contributed by atoms with Crippen LogP contribution in [0.5, 0.6) is 0 Å². The van der Waals surface area contributed by atoms with Gasteiger partial charge in [0.05, 0.1) is 6.67 Å². The molecule has 2 nitrogen and oxygen atoms in total. The predicted molar refractivity (Wildman–Crippen MR) is 53.7 cm³/mol. The maximum atomic E-state index is 2.34. The first-order valence-corrected chi connectivity index (χ1v) is 3.95. The van der Waals surface area contributed by atoms with E-state index in [1.165, 1.54) is 19.4 Å². The van der Waals surface area contributed by atoms with Crippen molar-refractivity contribution in [3.8, 4) is 0 Å². The van der Waals surface area contributed by atoms with E-state index in [-0.39, 0.29) is 17.0 Å². The van der Waals surface area contributed by atoms with E-state index in [0.29, 0.717) is 0 Å². The molecule has 0 unspecified atom stereocenters. The van der Waals surface area contributed by atoms with Gasteiger partial charge in [0.2, 0.25) is 0 Å². The Morgan fingerprint density at radius 1 is 1.36 bits per heavy atom. The average molecular weight is 221 g/mol. The second-order valence-electron chi connectivity index (χ2n) is 2.86. The van der Waals surface area contributed by atoms with Crippen LogP contribution >= 0.6 is 17.0 Å². The minimum atomic E-state index is 0. The van der Waals surface area contributed by atoms with Crippen LogP contribution in [0.3, 0.4) is 0 Å². The first-order chi connectivity index (χ1) is 4.83. The van der Waals surface area contributed by atoms with Crippen LogP contribution < -0.4 is 0 Å². The van der Waals surface area contributed by atoms with E-state index in [0.717, 1.165) is 6.67 Å². The molecule has 0 saturated heterocycles. The van der Waals surface area contributed by atoms with E-state index in [4.69, 9.17) is 0 Å². The molecule has 0 radical (unpaired) electrons. The van der Waals surface area contributed by atoms with Crippen molar-refractivity contribution in [1.82, 2.24) is 9.80 Å². The number of rotatable bonds is 3. The lowest BCUT2D eigenvalue weighted by Crippen LogP contribution is -2.23. The Labute approximate surface area is 79.6 Å². The van der Waals surface area contributed by atoms with Crippen LogP contribution in [-0.4, -0.2) is 30.1 Å². The fraction of sp³-hybridized carbons (Fsp3) is 0.750. The molecule has 1 rings (SSSR count). The monoisotopic (exact) mass is 220 g/mol. The quantitative estimate of drug-likeness (QED) is 0.719. The first kappa shape index (κ1) is 10.8. The van der Waals surface area contributed by atoms with Gasteiger partial charge in [-0.15, -0.1) is 17.0 Å². The van der Waals surface area contributed by atoms with Crippen molar-refractivity contribution in [2.75, 3.05) is 20.3 Å². The summed E-state index contributed by atoms with van der Waals surface area (Å²) in [6.07, 6.45) is 6.87. The number of unbranched alkanes of at least 4 members (excludes halogenated alkanes) is 1. The highest BCUT2D eigenvalue weighted by molar-refractivity contribution is 8.93. The SMILES string of the molecule is Br.CCCCN1C=CN(C)C1. The molecule has 0 aliphatic carbocycles. The van der Waals surface area contributed by atoms with Crippen molar-refractivity contribution in [1.29, 1.82) is 0 Å². The third kappa shape index (κ3) is 3.65. The number of halogens is 1. The first-order valence-electron chi connectivity index (χ1n) is 3.95. The normalized spacial score (nSPS) is 15.5. The Morgan fingerprint density at radius 3 is 2.55 bits per heavy atom. The summed E-state index contributed by atoms with van der Waals surface area (Å²) >= 11 is 0. The Kier molecular flexibility index (Phi) is 5.38. The molecule has 1 heterocycles. The molecule has 1 aliphatic rings. The van der Waals surface area contributed by atoms with Crippen LogP contribution in [0.4, 0.5) is 0 Å². The van der Waals surface area contributed by atoms with Gasteiger partial charge in [0, 0.05) is 26.0 Å². The molecule has 0 amide bonds. The van der Waals surface area contributed by atoms with Gasteiger partial charge in [-0.25, -0.2) is 0 Å². The molecular formula is C8H17BrN2. The van der Waals surface area contributed by atoms with E-state index in [1.807, 2.05) is 0 Å². The summed E-state index contributed by atoms with van der Waals surface area (Å²) in [4.78, 5) is 4.53. The van der Waals surface area contributed by atoms with Crippen molar-refractivity contribution >= 4 is 17.0 Å². The minimum absolute atomic E-state index is 0. The third-order valence-electron chi connectivity index (χ3n) is 1.74. The zero-order valence-corrected chi connectivity index (χ0v) is 9.00. The van der Waals surface area contributed by atoms with Crippen LogP contribution in [0, 0.1) is 0 Å². The number of hydrogen-bond acceptors (Lipinski definition) is 2. The van der Waals surface area contributed by atoms with Crippen LogP contribution in [0.25, 0.3) is 0 Å². The smallest absolute Gasteiger partial charge is 0.0890 e. The molecule has 66 valence electrons. The fourth-order valence-electron chi connectivity index (χ4n) is 1.10. The third-order valence-corrected chi connectivity index (χ3v) is 1.74. The van der Waals surface area contributed by atoms with E-state index >= 15 is 0 Å². The van der Waals surface area contributed by atoms with Crippen LogP contribution in [0.1, 0.15) is 19.8 Å². The molecular weight excluding hydrogens is 204 g/mol. The van der Waals surface area contributed by atoms with Crippen molar-refractivity contribution in [2.24, 2.45) is 0 Å². The molecule has 0 aromatic heterocycles. The Bertz CT molecular complexity index is 125. The van der Waals surface area contributed by atoms with Crippen molar-refractivity contribution in [3.63, 3.8) is 0 Å². The zero-order valence-electron chi connectivity index (χ0n) is 7.29. The Balaban J connectivity index is 0.000001000. The van der Waals surface area contributed by atoms with Crippen molar-refractivity contribution < 1.29 is 0 Å². The van der Waals surface area contributed by atoms with E-state index in [9.17, 15) is 0 Å². The highest BCUT2D eigenvalue weighted by atomic mass is 79.9.